The van der Waals surface area contributed by atoms with Crippen LogP contribution in [-0.2, 0) is 22.4 Å². The molecule has 1 aromatic carbocycles. The molecular formula is C19H25N5O3S. The summed E-state index contributed by atoms with van der Waals surface area (Å²) >= 11 is -0.991. The minimum atomic E-state index is -0.991. The predicted molar refractivity (Wildman–Crippen MR) is 108 cm³/mol. The largest absolute Gasteiger partial charge is 0.617 e. The van der Waals surface area contributed by atoms with Gasteiger partial charge in [-0.2, -0.15) is 0 Å². The summed E-state index contributed by atoms with van der Waals surface area (Å²) in [6.07, 6.45) is 5.38. The number of anilines is 1. The zero-order chi connectivity index (χ0) is 20.1. The van der Waals surface area contributed by atoms with Gasteiger partial charge in [0.05, 0.1) is 24.1 Å². The van der Waals surface area contributed by atoms with E-state index >= 15 is 0 Å². The molecule has 2 aromatic rings. The number of nitrogens with zero attached hydrogens (tertiary/aromatic N) is 3. The van der Waals surface area contributed by atoms with Crippen molar-refractivity contribution in [3.8, 4) is 5.69 Å². The van der Waals surface area contributed by atoms with Gasteiger partial charge in [0.15, 0.2) is 5.69 Å². The van der Waals surface area contributed by atoms with Gasteiger partial charge in [-0.25, -0.2) is 4.68 Å². The standard InChI is InChI=1S/C19H25N5O3S/c1-3-4-16-18(19(26)21-14-5-6-14)22-23-24(16)15-9-7-13(8-10-15)20-17(25)11-12-28(2)27/h7-10,14H,3-6,11-12H2,1-2H3,(H,20,25)(H,21,26). The van der Waals surface area contributed by atoms with E-state index in [2.05, 4.69) is 20.9 Å². The van der Waals surface area contributed by atoms with Crippen molar-refractivity contribution in [2.24, 2.45) is 0 Å². The Morgan fingerprint density at radius 2 is 2.00 bits per heavy atom. The van der Waals surface area contributed by atoms with Crippen LogP contribution in [-0.4, -0.2) is 49.4 Å². The zero-order valence-corrected chi connectivity index (χ0v) is 16.9. The number of aromatic nitrogens is 3. The van der Waals surface area contributed by atoms with Crippen molar-refractivity contribution < 1.29 is 14.1 Å². The number of carbonyl (C=O) groups excluding carboxylic acids is 2. The van der Waals surface area contributed by atoms with Gasteiger partial charge in [-0.3, -0.25) is 9.59 Å². The van der Waals surface area contributed by atoms with Gasteiger partial charge in [0.1, 0.15) is 5.75 Å². The minimum Gasteiger partial charge on any atom is -0.617 e. The topological polar surface area (TPSA) is 112 Å². The fraction of sp³-hybridized carbons (Fsp3) is 0.474. The molecule has 9 heteroatoms. The Morgan fingerprint density at radius 1 is 1.29 bits per heavy atom. The van der Waals surface area contributed by atoms with Crippen LogP contribution in [0.5, 0.6) is 0 Å². The van der Waals surface area contributed by atoms with Gasteiger partial charge in [0.25, 0.3) is 5.91 Å². The molecule has 28 heavy (non-hydrogen) atoms. The second-order valence-corrected chi connectivity index (χ2v) is 8.47. The molecule has 0 spiro atoms. The highest BCUT2D eigenvalue weighted by Gasteiger charge is 2.27. The van der Waals surface area contributed by atoms with Gasteiger partial charge >= 0.3 is 0 Å². The summed E-state index contributed by atoms with van der Waals surface area (Å²) in [6, 6.07) is 7.46. The van der Waals surface area contributed by atoms with Gasteiger partial charge in [0.2, 0.25) is 5.91 Å². The molecule has 0 radical (unpaired) electrons. The predicted octanol–water partition coefficient (Wildman–Crippen LogP) is 1.82. The highest BCUT2D eigenvalue weighted by atomic mass is 32.2. The molecule has 1 unspecified atom stereocenters. The highest BCUT2D eigenvalue weighted by molar-refractivity contribution is 7.90. The monoisotopic (exact) mass is 403 g/mol. The van der Waals surface area contributed by atoms with Crippen molar-refractivity contribution in [3.63, 3.8) is 0 Å². The first kappa shape index (κ1) is 20.3. The first-order valence-corrected chi connectivity index (χ1v) is 11.2. The van der Waals surface area contributed by atoms with Crippen LogP contribution < -0.4 is 10.6 Å². The molecule has 1 atom stereocenters. The lowest BCUT2D eigenvalue weighted by molar-refractivity contribution is -0.115. The third-order valence-corrected chi connectivity index (χ3v) is 5.17. The Balaban J connectivity index is 1.72. The first-order chi connectivity index (χ1) is 13.5. The highest BCUT2D eigenvalue weighted by Crippen LogP contribution is 2.21. The van der Waals surface area contributed by atoms with E-state index in [9.17, 15) is 14.1 Å². The molecule has 8 nitrogen and oxygen atoms in total. The van der Waals surface area contributed by atoms with Gasteiger partial charge in [0, 0.05) is 11.7 Å². The van der Waals surface area contributed by atoms with Gasteiger partial charge in [-0.05, 0) is 43.5 Å². The Kier molecular flexibility index (Phi) is 6.69. The molecule has 1 fully saturated rings. The van der Waals surface area contributed by atoms with E-state index in [0.29, 0.717) is 23.6 Å². The molecule has 0 aliphatic heterocycles. The minimum absolute atomic E-state index is 0.172. The molecule has 1 aliphatic rings. The molecule has 1 aromatic heterocycles. The van der Waals surface area contributed by atoms with Gasteiger partial charge in [-0.15, -0.1) is 5.10 Å². The lowest BCUT2D eigenvalue weighted by Gasteiger charge is -2.09. The fourth-order valence-corrected chi connectivity index (χ4v) is 3.25. The first-order valence-electron chi connectivity index (χ1n) is 9.43. The molecule has 2 amide bonds. The number of benzene rings is 1. The molecule has 1 saturated carbocycles. The lowest BCUT2D eigenvalue weighted by atomic mass is 10.2. The Hall–Kier alpha value is -2.39. The summed E-state index contributed by atoms with van der Waals surface area (Å²) in [4.78, 5) is 24.3. The quantitative estimate of drug-likeness (QED) is 0.620. The maximum absolute atomic E-state index is 12.4. The third kappa shape index (κ3) is 5.32. The summed E-state index contributed by atoms with van der Waals surface area (Å²) in [7, 11) is 0. The van der Waals surface area contributed by atoms with E-state index in [-0.39, 0.29) is 24.3 Å². The average Bonchev–Trinajstić information content (AvgIpc) is 3.38. The van der Waals surface area contributed by atoms with Crippen molar-refractivity contribution >= 4 is 28.7 Å². The maximum atomic E-state index is 12.4. The van der Waals surface area contributed by atoms with Crippen molar-refractivity contribution in [1.82, 2.24) is 20.3 Å². The van der Waals surface area contributed by atoms with E-state index in [1.807, 2.05) is 19.1 Å². The van der Waals surface area contributed by atoms with E-state index < -0.39 is 11.2 Å². The van der Waals surface area contributed by atoms with E-state index in [0.717, 1.165) is 30.6 Å². The van der Waals surface area contributed by atoms with E-state index in [4.69, 9.17) is 0 Å². The second kappa shape index (κ2) is 9.20. The number of hydrogen-bond donors (Lipinski definition) is 2. The van der Waals surface area contributed by atoms with Crippen LogP contribution in [0, 0.1) is 0 Å². The summed E-state index contributed by atoms with van der Waals surface area (Å²) in [5.41, 5.74) is 2.58. The van der Waals surface area contributed by atoms with Gasteiger partial charge in [-0.1, -0.05) is 29.7 Å². The van der Waals surface area contributed by atoms with Crippen LogP contribution in [0.2, 0.25) is 0 Å². The number of carbonyl (C=O) groups is 2. The number of rotatable bonds is 9. The third-order valence-electron chi connectivity index (χ3n) is 4.39. The average molecular weight is 404 g/mol. The second-order valence-electron chi connectivity index (χ2n) is 6.92. The Labute approximate surface area is 167 Å². The lowest BCUT2D eigenvalue weighted by Crippen LogP contribution is -2.27. The number of hydrogen-bond acceptors (Lipinski definition) is 5. The van der Waals surface area contributed by atoms with Crippen LogP contribution in [0.1, 0.15) is 48.8 Å². The summed E-state index contributed by atoms with van der Waals surface area (Å²) in [6.45, 7) is 2.04. The van der Waals surface area contributed by atoms with Gasteiger partial charge < -0.3 is 15.2 Å². The van der Waals surface area contributed by atoms with Crippen LogP contribution >= 0.6 is 0 Å². The van der Waals surface area contributed by atoms with E-state index in [1.165, 1.54) is 0 Å². The van der Waals surface area contributed by atoms with Crippen LogP contribution in [0.4, 0.5) is 5.69 Å². The van der Waals surface area contributed by atoms with Crippen molar-refractivity contribution in [2.75, 3.05) is 17.3 Å². The molecule has 1 aliphatic carbocycles. The molecule has 2 N–H and O–H groups in total. The molecular weight excluding hydrogens is 378 g/mol. The van der Waals surface area contributed by atoms with Crippen LogP contribution in [0.25, 0.3) is 5.69 Å². The molecule has 150 valence electrons. The number of amides is 2. The van der Waals surface area contributed by atoms with Crippen molar-refractivity contribution in [1.29, 1.82) is 0 Å². The van der Waals surface area contributed by atoms with Crippen molar-refractivity contribution in [2.45, 2.75) is 45.1 Å². The Morgan fingerprint density at radius 3 is 2.61 bits per heavy atom. The number of nitrogens with one attached hydrogen (secondary N) is 2. The summed E-state index contributed by atoms with van der Waals surface area (Å²) in [5, 5.41) is 14.0. The zero-order valence-electron chi connectivity index (χ0n) is 16.1. The molecule has 1 heterocycles. The fourth-order valence-electron chi connectivity index (χ4n) is 2.77. The molecule has 0 saturated heterocycles. The smallest absolute Gasteiger partial charge is 0.273 e. The molecule has 0 bridgehead atoms. The Bertz CT molecular complexity index is 831. The van der Waals surface area contributed by atoms with E-state index in [1.54, 1.807) is 23.1 Å². The van der Waals surface area contributed by atoms with Crippen molar-refractivity contribution in [3.05, 3.63) is 35.7 Å². The van der Waals surface area contributed by atoms with Crippen LogP contribution in [0.15, 0.2) is 24.3 Å². The SMILES string of the molecule is CCCc1c(C(=O)NC2CC2)nnn1-c1ccc(NC(=O)CC[S+](C)[O-])cc1. The normalized spacial score (nSPS) is 14.5. The maximum Gasteiger partial charge on any atom is 0.273 e. The summed E-state index contributed by atoms with van der Waals surface area (Å²) < 4.78 is 12.8. The molecule has 3 rings (SSSR count). The van der Waals surface area contributed by atoms with Crippen LogP contribution in [0.3, 0.4) is 0 Å². The summed E-state index contributed by atoms with van der Waals surface area (Å²) in [5.74, 6) is -0.00149.